The van der Waals surface area contributed by atoms with Crippen LogP contribution < -0.4 is 25.3 Å². The van der Waals surface area contributed by atoms with Gasteiger partial charge in [0, 0.05) is 35.6 Å². The number of nitrogens with one attached hydrogen (secondary N) is 2. The van der Waals surface area contributed by atoms with E-state index in [1.54, 1.807) is 36.4 Å². The minimum absolute atomic E-state index is 0.0000961. The first kappa shape index (κ1) is 44.9. The van der Waals surface area contributed by atoms with Crippen LogP contribution in [0.4, 0.5) is 22.7 Å². The molecule has 0 radical (unpaired) electrons. The van der Waals surface area contributed by atoms with E-state index in [0.717, 1.165) is 40.2 Å². The van der Waals surface area contributed by atoms with E-state index in [-0.39, 0.29) is 56.9 Å². The highest BCUT2D eigenvalue weighted by Crippen LogP contribution is 2.39. The van der Waals surface area contributed by atoms with Gasteiger partial charge in [-0.3, -0.25) is 14.4 Å². The molecule has 1 aliphatic rings. The molecule has 13 heteroatoms. The van der Waals surface area contributed by atoms with Gasteiger partial charge in [-0.1, -0.05) is 82.9 Å². The number of hydrazone groups is 1. The van der Waals surface area contributed by atoms with Gasteiger partial charge in [-0.25, -0.2) is 4.99 Å². The zero-order valence-electron chi connectivity index (χ0n) is 35.3. The lowest BCUT2D eigenvalue weighted by atomic mass is 9.76. The lowest BCUT2D eigenvalue weighted by Crippen LogP contribution is -2.37. The molecular formula is C46H54Cl2N6O5. The number of amidine groups is 1. The number of aliphatic hydroxyl groups is 1. The first-order chi connectivity index (χ1) is 27.9. The van der Waals surface area contributed by atoms with Crippen molar-refractivity contribution in [3.8, 4) is 5.75 Å². The highest BCUT2D eigenvalue weighted by molar-refractivity contribution is 6.72. The summed E-state index contributed by atoms with van der Waals surface area (Å²) >= 11 is 13.2. The molecule has 0 aromatic heterocycles. The van der Waals surface area contributed by atoms with Crippen LogP contribution in [0, 0.1) is 13.8 Å². The maximum absolute atomic E-state index is 14.1. The first-order valence-electron chi connectivity index (χ1n) is 19.9. The van der Waals surface area contributed by atoms with Crippen LogP contribution in [0.1, 0.15) is 93.9 Å². The molecule has 1 aliphatic heterocycles. The molecule has 3 N–H and O–H groups in total. The van der Waals surface area contributed by atoms with Crippen LogP contribution in [-0.4, -0.2) is 60.7 Å². The van der Waals surface area contributed by atoms with Crippen LogP contribution in [0.2, 0.25) is 10.0 Å². The molecule has 0 fully saturated rings. The number of amides is 3. The third kappa shape index (κ3) is 10.3. The summed E-state index contributed by atoms with van der Waals surface area (Å²) in [7, 11) is 0. The van der Waals surface area contributed by atoms with Crippen molar-refractivity contribution in [1.82, 2.24) is 5.32 Å². The Kier molecular flexibility index (Phi) is 14.3. The number of rotatable bonds is 15. The molecule has 59 heavy (non-hydrogen) atoms. The molecule has 0 saturated carbocycles. The summed E-state index contributed by atoms with van der Waals surface area (Å²) in [5, 5.41) is 21.0. The van der Waals surface area contributed by atoms with Crippen LogP contribution in [-0.2, 0) is 20.4 Å². The van der Waals surface area contributed by atoms with Crippen molar-refractivity contribution in [3.05, 3.63) is 111 Å². The number of aliphatic imine (C=N–C) groups is 1. The number of aryl methyl sites for hydroxylation is 2. The lowest BCUT2D eigenvalue weighted by molar-refractivity contribution is -0.118. The summed E-state index contributed by atoms with van der Waals surface area (Å²) in [6.45, 7) is 19.7. The molecule has 312 valence electrons. The topological polar surface area (TPSA) is 136 Å². The number of carbonyl (C=O) groups is 3. The molecule has 0 unspecified atom stereocenters. The first-order valence-corrected chi connectivity index (χ1v) is 20.6. The number of anilines is 3. The lowest BCUT2D eigenvalue weighted by Gasteiger charge is -2.30. The monoisotopic (exact) mass is 840 g/mol. The zero-order chi connectivity index (χ0) is 43.2. The predicted octanol–water partition coefficient (Wildman–Crippen LogP) is 9.68. The van der Waals surface area contributed by atoms with E-state index in [2.05, 4.69) is 69.4 Å². The van der Waals surface area contributed by atoms with Crippen LogP contribution >= 0.6 is 23.2 Å². The summed E-state index contributed by atoms with van der Waals surface area (Å²) in [6, 6.07) is 21.5. The predicted molar refractivity (Wildman–Crippen MR) is 240 cm³/mol. The van der Waals surface area contributed by atoms with Crippen molar-refractivity contribution in [1.29, 1.82) is 0 Å². The van der Waals surface area contributed by atoms with Crippen molar-refractivity contribution < 1.29 is 24.2 Å². The van der Waals surface area contributed by atoms with Crippen LogP contribution in [0.5, 0.6) is 5.75 Å². The number of nitrogens with zero attached hydrogens (tertiary/aromatic N) is 4. The SMILES string of the molecule is CCN(CCO)c1ccc(N=C2C(=O)N(c3c(Cl)cc(C)cc3Cl)N=C2NC(=O)c2cccc(NC(=O)COc3ccc(C(C)(C)CC)cc3C(C)(C)CC)c2)c(C)c1. The van der Waals surface area contributed by atoms with Gasteiger partial charge in [0.15, 0.2) is 18.2 Å². The summed E-state index contributed by atoms with van der Waals surface area (Å²) in [5.41, 5.74) is 5.54. The summed E-state index contributed by atoms with van der Waals surface area (Å²) in [4.78, 5) is 47.9. The van der Waals surface area contributed by atoms with Gasteiger partial charge in [-0.2, -0.15) is 5.01 Å². The highest BCUT2D eigenvalue weighted by Gasteiger charge is 2.37. The molecule has 11 nitrogen and oxygen atoms in total. The molecule has 3 amide bonds. The van der Waals surface area contributed by atoms with Crippen molar-refractivity contribution in [2.24, 2.45) is 10.1 Å². The number of hydrogen-bond donors (Lipinski definition) is 3. The Morgan fingerprint density at radius 3 is 2.22 bits per heavy atom. The van der Waals surface area contributed by atoms with Crippen LogP contribution in [0.15, 0.2) is 82.9 Å². The number of hydrogen-bond acceptors (Lipinski definition) is 8. The normalized spacial score (nSPS) is 13.8. The van der Waals surface area contributed by atoms with Crippen molar-refractivity contribution >= 4 is 75.2 Å². The fourth-order valence-corrected chi connectivity index (χ4v) is 7.31. The van der Waals surface area contributed by atoms with Gasteiger partial charge in [0.1, 0.15) is 11.4 Å². The third-order valence-electron chi connectivity index (χ3n) is 11.0. The van der Waals surface area contributed by atoms with Gasteiger partial charge in [0.25, 0.3) is 11.8 Å². The Hall–Kier alpha value is -5.23. The maximum atomic E-state index is 14.1. The molecule has 4 aromatic carbocycles. The van der Waals surface area contributed by atoms with E-state index in [1.165, 1.54) is 11.6 Å². The Morgan fingerprint density at radius 1 is 0.898 bits per heavy atom. The molecule has 0 saturated heterocycles. The maximum Gasteiger partial charge on any atom is 0.301 e. The van der Waals surface area contributed by atoms with Crippen molar-refractivity contribution in [2.45, 2.75) is 86.0 Å². The quantitative estimate of drug-likeness (QED) is 0.109. The van der Waals surface area contributed by atoms with E-state index >= 15 is 0 Å². The average Bonchev–Trinajstić information content (AvgIpc) is 3.49. The minimum atomic E-state index is -0.651. The van der Waals surface area contributed by atoms with E-state index in [1.807, 2.05) is 43.9 Å². The number of benzene rings is 4. The van der Waals surface area contributed by atoms with Gasteiger partial charge < -0.3 is 25.4 Å². The zero-order valence-corrected chi connectivity index (χ0v) is 36.8. The van der Waals surface area contributed by atoms with Gasteiger partial charge in [0.05, 0.1) is 22.3 Å². The average molecular weight is 842 g/mol. The van der Waals surface area contributed by atoms with Crippen molar-refractivity contribution in [2.75, 3.05) is 41.5 Å². The van der Waals surface area contributed by atoms with Gasteiger partial charge in [-0.05, 0) is 116 Å². The second-order valence-electron chi connectivity index (χ2n) is 15.9. The number of carbonyl (C=O) groups excluding carboxylic acids is 3. The van der Waals surface area contributed by atoms with Crippen LogP contribution in [0.25, 0.3) is 0 Å². The fourth-order valence-electron chi connectivity index (χ4n) is 6.56. The van der Waals surface area contributed by atoms with Crippen LogP contribution in [0.3, 0.4) is 0 Å². The molecule has 0 spiro atoms. The molecular weight excluding hydrogens is 787 g/mol. The Labute approximate surface area is 357 Å². The standard InChI is InChI=1S/C46H54Cl2N6O5/c1-10-45(6,7)31-16-19-38(34(26-31)46(8,9)11-2)59-27-39(56)49-32-15-13-14-30(25-32)43(57)51-42-40(44(58)54(52-42)41-35(47)22-28(4)23-36(41)48)50-37-18-17-33(24-29(37)5)53(12-3)20-21-55/h13-19,22-26,55H,10-12,20-21,27H2,1-9H3,(H,49,56)(H,51,52,57). The van der Waals surface area contributed by atoms with Gasteiger partial charge >= 0.3 is 5.91 Å². The van der Waals surface area contributed by atoms with E-state index < -0.39 is 17.7 Å². The highest BCUT2D eigenvalue weighted by atomic mass is 35.5. The summed E-state index contributed by atoms with van der Waals surface area (Å²) in [6.07, 6.45) is 1.87. The summed E-state index contributed by atoms with van der Waals surface area (Å²) < 4.78 is 6.12. The molecule has 4 aromatic rings. The Morgan fingerprint density at radius 2 is 1.59 bits per heavy atom. The second-order valence-corrected chi connectivity index (χ2v) is 16.7. The summed E-state index contributed by atoms with van der Waals surface area (Å²) in [5.74, 6) is -1.12. The molecule has 0 aliphatic carbocycles. The Bertz CT molecular complexity index is 2280. The minimum Gasteiger partial charge on any atom is -0.483 e. The van der Waals surface area contributed by atoms with E-state index in [0.29, 0.717) is 30.2 Å². The fraction of sp³-hybridized carbons (Fsp3) is 0.370. The molecule has 1 heterocycles. The number of aliphatic hydroxyl groups excluding tert-OH is 1. The molecule has 5 rings (SSSR count). The number of halogens is 2. The molecule has 0 bridgehead atoms. The number of likely N-dealkylation sites (N-methyl/N-ethyl adjacent to an activating group) is 1. The number of ether oxygens (including phenoxy) is 1. The largest absolute Gasteiger partial charge is 0.483 e. The second kappa shape index (κ2) is 18.8. The van der Waals surface area contributed by atoms with E-state index in [4.69, 9.17) is 32.9 Å². The smallest absolute Gasteiger partial charge is 0.301 e. The molecule has 0 atom stereocenters. The van der Waals surface area contributed by atoms with Gasteiger partial charge in [-0.15, -0.1) is 5.10 Å². The Balaban J connectivity index is 1.39. The van der Waals surface area contributed by atoms with Gasteiger partial charge in [0.2, 0.25) is 0 Å². The van der Waals surface area contributed by atoms with E-state index in [9.17, 15) is 19.5 Å². The van der Waals surface area contributed by atoms with Crippen molar-refractivity contribution in [3.63, 3.8) is 0 Å². The third-order valence-corrected chi connectivity index (χ3v) is 11.6.